The highest BCUT2D eigenvalue weighted by atomic mass is 16.2. The lowest BCUT2D eigenvalue weighted by Crippen LogP contribution is -2.33. The predicted octanol–water partition coefficient (Wildman–Crippen LogP) is 0.711. The highest BCUT2D eigenvalue weighted by Crippen LogP contribution is 2.06. The molecule has 1 aromatic rings. The zero-order valence-corrected chi connectivity index (χ0v) is 9.86. The van der Waals surface area contributed by atoms with Gasteiger partial charge in [-0.05, 0) is 18.9 Å². The van der Waals surface area contributed by atoms with Crippen molar-refractivity contribution in [2.24, 2.45) is 10.8 Å². The predicted molar refractivity (Wildman–Crippen MR) is 65.3 cm³/mol. The summed E-state index contributed by atoms with van der Waals surface area (Å²) in [5, 5.41) is 3.88. The number of aryl methyl sites for hydroxylation is 1. The Kier molecular flexibility index (Phi) is 4.39. The van der Waals surface area contributed by atoms with Crippen LogP contribution >= 0.6 is 0 Å². The Labute approximate surface area is 99.7 Å². The third-order valence-electron chi connectivity index (χ3n) is 2.24. The van der Waals surface area contributed by atoms with Crippen LogP contribution in [0.4, 0.5) is 0 Å². The largest absolute Gasteiger partial charge is 0.361 e. The van der Waals surface area contributed by atoms with E-state index in [9.17, 15) is 9.59 Å². The van der Waals surface area contributed by atoms with Gasteiger partial charge in [0, 0.05) is 0 Å². The summed E-state index contributed by atoms with van der Waals surface area (Å²) < 4.78 is 0. The van der Waals surface area contributed by atoms with E-state index in [1.54, 1.807) is 0 Å². The van der Waals surface area contributed by atoms with Gasteiger partial charge in [0.1, 0.15) is 0 Å². The average molecular weight is 233 g/mol. The van der Waals surface area contributed by atoms with Crippen LogP contribution in [0.15, 0.2) is 29.4 Å². The number of nitrogens with zero attached hydrogens (tertiary/aromatic N) is 1. The van der Waals surface area contributed by atoms with Crippen molar-refractivity contribution < 1.29 is 9.59 Å². The molecule has 90 valence electrons. The van der Waals surface area contributed by atoms with Gasteiger partial charge in [-0.25, -0.2) is 5.43 Å². The molecule has 17 heavy (non-hydrogen) atoms. The zero-order valence-electron chi connectivity index (χ0n) is 9.86. The third-order valence-corrected chi connectivity index (χ3v) is 2.24. The molecule has 2 amide bonds. The first-order valence-electron chi connectivity index (χ1n) is 5.28. The molecule has 0 aliphatic heterocycles. The molecule has 0 aliphatic rings. The second kappa shape index (κ2) is 5.79. The van der Waals surface area contributed by atoms with Gasteiger partial charge >= 0.3 is 11.8 Å². The van der Waals surface area contributed by atoms with Gasteiger partial charge in [0.05, 0.1) is 5.71 Å². The summed E-state index contributed by atoms with van der Waals surface area (Å²) in [6.45, 7) is 3.90. The van der Waals surface area contributed by atoms with E-state index in [2.05, 4.69) is 10.5 Å². The highest BCUT2D eigenvalue weighted by Gasteiger charge is 2.07. The van der Waals surface area contributed by atoms with E-state index in [-0.39, 0.29) is 0 Å². The molecule has 0 spiro atoms. The lowest BCUT2D eigenvalue weighted by atomic mass is 10.1. The molecule has 0 aromatic heterocycles. The number of amides is 2. The van der Waals surface area contributed by atoms with Crippen LogP contribution in [-0.2, 0) is 9.59 Å². The van der Waals surface area contributed by atoms with Crippen molar-refractivity contribution >= 4 is 17.5 Å². The van der Waals surface area contributed by atoms with Crippen molar-refractivity contribution in [1.82, 2.24) is 5.43 Å². The first kappa shape index (κ1) is 12.9. The Bertz CT molecular complexity index is 449. The smallest absolute Gasteiger partial charge is 0.329 e. The summed E-state index contributed by atoms with van der Waals surface area (Å²) in [5.41, 5.74) is 9.67. The Balaban J connectivity index is 2.84. The summed E-state index contributed by atoms with van der Waals surface area (Å²) >= 11 is 0. The minimum Gasteiger partial charge on any atom is -0.361 e. The van der Waals surface area contributed by atoms with Crippen molar-refractivity contribution in [3.8, 4) is 0 Å². The molecule has 0 radical (unpaired) electrons. The molecule has 5 nitrogen and oxygen atoms in total. The maximum Gasteiger partial charge on any atom is 0.329 e. The molecular formula is C12H15N3O2. The van der Waals surface area contributed by atoms with Crippen molar-refractivity contribution in [3.05, 3.63) is 35.4 Å². The molecule has 0 heterocycles. The monoisotopic (exact) mass is 233 g/mol. The molecule has 3 N–H and O–H groups in total. The van der Waals surface area contributed by atoms with Crippen LogP contribution in [0.5, 0.6) is 0 Å². The van der Waals surface area contributed by atoms with Crippen LogP contribution in [0, 0.1) is 6.92 Å². The van der Waals surface area contributed by atoms with E-state index in [1.807, 2.05) is 38.1 Å². The van der Waals surface area contributed by atoms with E-state index in [1.165, 1.54) is 0 Å². The molecule has 0 unspecified atom stereocenters. The molecule has 1 rings (SSSR count). The van der Waals surface area contributed by atoms with Gasteiger partial charge in [-0.3, -0.25) is 9.59 Å². The van der Waals surface area contributed by atoms with Crippen LogP contribution in [0.25, 0.3) is 0 Å². The molecule has 0 fully saturated rings. The van der Waals surface area contributed by atoms with E-state index < -0.39 is 11.8 Å². The molecule has 0 atom stereocenters. The number of nitrogens with one attached hydrogen (secondary N) is 1. The fourth-order valence-electron chi connectivity index (χ4n) is 1.27. The standard InChI is InChI=1S/C12H15N3O2/c1-3-10(14-15-12(17)11(13)16)9-6-4-8(2)5-7-9/h4-7H,3H2,1-2H3,(H2,13,16)(H,15,17)/b14-10+. The van der Waals surface area contributed by atoms with E-state index in [0.717, 1.165) is 11.1 Å². The van der Waals surface area contributed by atoms with Crippen LogP contribution in [0.3, 0.4) is 0 Å². The third kappa shape index (κ3) is 3.71. The highest BCUT2D eigenvalue weighted by molar-refractivity contribution is 6.34. The first-order valence-corrected chi connectivity index (χ1v) is 5.28. The molecule has 0 saturated carbocycles. The number of carbonyl (C=O) groups is 2. The van der Waals surface area contributed by atoms with Crippen LogP contribution in [0.1, 0.15) is 24.5 Å². The van der Waals surface area contributed by atoms with Gasteiger partial charge in [0.2, 0.25) is 0 Å². The van der Waals surface area contributed by atoms with Crippen LogP contribution in [-0.4, -0.2) is 17.5 Å². The van der Waals surface area contributed by atoms with Crippen molar-refractivity contribution in [2.75, 3.05) is 0 Å². The van der Waals surface area contributed by atoms with Crippen molar-refractivity contribution in [3.63, 3.8) is 0 Å². The minimum absolute atomic E-state index is 0.641. The summed E-state index contributed by atoms with van der Waals surface area (Å²) in [5.74, 6) is -1.96. The molecule has 1 aromatic carbocycles. The summed E-state index contributed by atoms with van der Waals surface area (Å²) in [4.78, 5) is 21.5. The SMILES string of the molecule is CC/C(=N\NC(=O)C(N)=O)c1ccc(C)cc1. The molecule has 0 aliphatic carbocycles. The summed E-state index contributed by atoms with van der Waals surface area (Å²) in [7, 11) is 0. The topological polar surface area (TPSA) is 84.6 Å². The van der Waals surface area contributed by atoms with Gasteiger partial charge in [-0.1, -0.05) is 36.8 Å². The number of hydrazone groups is 1. The first-order chi connectivity index (χ1) is 8.04. The number of carbonyl (C=O) groups excluding carboxylic acids is 2. The second-order valence-electron chi connectivity index (χ2n) is 3.58. The second-order valence-corrected chi connectivity index (χ2v) is 3.58. The number of nitrogens with two attached hydrogens (primary N) is 1. The summed E-state index contributed by atoms with van der Waals surface area (Å²) in [6, 6.07) is 7.73. The fourth-order valence-corrected chi connectivity index (χ4v) is 1.27. The van der Waals surface area contributed by atoms with Gasteiger partial charge in [0.25, 0.3) is 0 Å². The minimum atomic E-state index is -1.05. The Morgan fingerprint density at radius 2 is 1.88 bits per heavy atom. The Morgan fingerprint density at radius 1 is 1.29 bits per heavy atom. The molecular weight excluding hydrogens is 218 g/mol. The number of hydrogen-bond donors (Lipinski definition) is 2. The van der Waals surface area contributed by atoms with Crippen LogP contribution in [0.2, 0.25) is 0 Å². The number of rotatable bonds is 3. The number of hydrogen-bond acceptors (Lipinski definition) is 3. The van der Waals surface area contributed by atoms with E-state index in [0.29, 0.717) is 12.1 Å². The van der Waals surface area contributed by atoms with Gasteiger partial charge in [0.15, 0.2) is 0 Å². The van der Waals surface area contributed by atoms with Gasteiger partial charge < -0.3 is 5.73 Å². The quantitative estimate of drug-likeness (QED) is 0.458. The molecule has 0 saturated heterocycles. The van der Waals surface area contributed by atoms with Crippen molar-refractivity contribution in [2.45, 2.75) is 20.3 Å². The zero-order chi connectivity index (χ0) is 12.8. The normalized spacial score (nSPS) is 11.1. The van der Waals surface area contributed by atoms with E-state index >= 15 is 0 Å². The average Bonchev–Trinajstić information content (AvgIpc) is 2.31. The Hall–Kier alpha value is -2.17. The van der Waals surface area contributed by atoms with Crippen molar-refractivity contribution in [1.29, 1.82) is 0 Å². The lowest BCUT2D eigenvalue weighted by Gasteiger charge is -2.04. The van der Waals surface area contributed by atoms with E-state index in [4.69, 9.17) is 5.73 Å². The maximum atomic E-state index is 11.0. The number of benzene rings is 1. The molecule has 0 bridgehead atoms. The van der Waals surface area contributed by atoms with Gasteiger partial charge in [-0.2, -0.15) is 5.10 Å². The Morgan fingerprint density at radius 3 is 2.35 bits per heavy atom. The van der Waals surface area contributed by atoms with Crippen LogP contribution < -0.4 is 11.2 Å². The van der Waals surface area contributed by atoms with Gasteiger partial charge in [-0.15, -0.1) is 0 Å². The fraction of sp³-hybridized carbons (Fsp3) is 0.250. The lowest BCUT2D eigenvalue weighted by molar-refractivity contribution is -0.137. The maximum absolute atomic E-state index is 11.0. The summed E-state index contributed by atoms with van der Waals surface area (Å²) in [6.07, 6.45) is 0.641. The number of primary amides is 1. The molecule has 5 heteroatoms.